The van der Waals surface area contributed by atoms with Gasteiger partial charge < -0.3 is 10.0 Å². The number of aliphatic carboxylic acids is 1. The molecule has 0 saturated heterocycles. The number of thiazole rings is 1. The molecule has 2 rings (SSSR count). The van der Waals surface area contributed by atoms with Crippen molar-refractivity contribution in [2.45, 2.75) is 13.8 Å². The maximum atomic E-state index is 10.7. The fourth-order valence-electron chi connectivity index (χ4n) is 2.01. The Bertz CT molecular complexity index is 612. The van der Waals surface area contributed by atoms with E-state index in [1.54, 1.807) is 6.08 Å². The highest BCUT2D eigenvalue weighted by molar-refractivity contribution is 7.15. The summed E-state index contributed by atoms with van der Waals surface area (Å²) in [6.07, 6.45) is 4.65. The molecule has 19 heavy (non-hydrogen) atoms. The minimum atomic E-state index is -0.956. The third-order valence-electron chi connectivity index (χ3n) is 2.66. The zero-order chi connectivity index (χ0) is 14.0. The molecule has 5 nitrogen and oxygen atoms in total. The number of nitrogens with zero attached hydrogens (tertiary/aromatic N) is 3. The zero-order valence-corrected chi connectivity index (χ0v) is 12.0. The molecule has 0 aromatic carbocycles. The first-order chi connectivity index (χ1) is 8.99. The van der Waals surface area contributed by atoms with Gasteiger partial charge in [-0.25, -0.2) is 9.78 Å². The Morgan fingerprint density at radius 2 is 2.37 bits per heavy atom. The van der Waals surface area contributed by atoms with E-state index in [4.69, 9.17) is 5.11 Å². The van der Waals surface area contributed by atoms with Gasteiger partial charge in [-0.2, -0.15) is 0 Å². The lowest BCUT2D eigenvalue weighted by molar-refractivity contribution is -0.131. The van der Waals surface area contributed by atoms with Crippen LogP contribution in [0.25, 0.3) is 11.0 Å². The monoisotopic (exact) mass is 279 g/mol. The van der Waals surface area contributed by atoms with Gasteiger partial charge in [0, 0.05) is 31.2 Å². The number of carboxylic acids is 1. The van der Waals surface area contributed by atoms with Crippen LogP contribution in [0.5, 0.6) is 0 Å². The van der Waals surface area contributed by atoms with Crippen LogP contribution in [0, 0.1) is 5.92 Å². The number of rotatable bonds is 5. The molecule has 102 valence electrons. The highest BCUT2D eigenvalue weighted by Crippen LogP contribution is 2.25. The fourth-order valence-corrected chi connectivity index (χ4v) is 2.73. The zero-order valence-electron chi connectivity index (χ0n) is 11.2. The molecule has 2 aromatic rings. The van der Waals surface area contributed by atoms with E-state index in [-0.39, 0.29) is 0 Å². The summed E-state index contributed by atoms with van der Waals surface area (Å²) in [6, 6.07) is 0. The summed E-state index contributed by atoms with van der Waals surface area (Å²) in [5, 5.41) is 10.7. The molecule has 0 radical (unpaired) electrons. The van der Waals surface area contributed by atoms with Crippen molar-refractivity contribution in [3.8, 4) is 0 Å². The van der Waals surface area contributed by atoms with Gasteiger partial charge in [0.15, 0.2) is 10.8 Å². The van der Waals surface area contributed by atoms with Crippen LogP contribution in [0.1, 0.15) is 19.5 Å². The fraction of sp³-hybridized carbons (Fsp3) is 0.385. The SMILES string of the molecule is CC(C)CN(C)c1nc2sccn2c1/C=C/C(=O)O. The second kappa shape index (κ2) is 5.44. The predicted octanol–water partition coefficient (Wildman–Crippen LogP) is 2.59. The van der Waals surface area contributed by atoms with Crippen LogP contribution in [0.4, 0.5) is 5.82 Å². The lowest BCUT2D eigenvalue weighted by atomic mass is 10.2. The van der Waals surface area contributed by atoms with Crippen molar-refractivity contribution < 1.29 is 9.90 Å². The van der Waals surface area contributed by atoms with Crippen LogP contribution in [-0.4, -0.2) is 34.1 Å². The van der Waals surface area contributed by atoms with Crippen LogP contribution in [0.15, 0.2) is 17.7 Å². The predicted molar refractivity (Wildman–Crippen MR) is 77.8 cm³/mol. The summed E-state index contributed by atoms with van der Waals surface area (Å²) in [7, 11) is 1.98. The van der Waals surface area contributed by atoms with Crippen molar-refractivity contribution in [3.63, 3.8) is 0 Å². The molecule has 2 aromatic heterocycles. The van der Waals surface area contributed by atoms with E-state index < -0.39 is 5.97 Å². The standard InChI is InChI=1S/C13H17N3O2S/c1-9(2)8-15(3)12-10(4-5-11(17)18)16-6-7-19-13(16)14-12/h4-7,9H,8H2,1-3H3,(H,17,18)/b5-4+. The van der Waals surface area contributed by atoms with Crippen molar-refractivity contribution in [2.75, 3.05) is 18.5 Å². The van der Waals surface area contributed by atoms with E-state index in [1.165, 1.54) is 11.3 Å². The van der Waals surface area contributed by atoms with Crippen LogP contribution in [0.2, 0.25) is 0 Å². The summed E-state index contributed by atoms with van der Waals surface area (Å²) in [5.41, 5.74) is 0.807. The third-order valence-corrected chi connectivity index (χ3v) is 3.42. The van der Waals surface area contributed by atoms with Crippen LogP contribution < -0.4 is 4.90 Å². The van der Waals surface area contributed by atoms with Gasteiger partial charge in [0.1, 0.15) is 0 Å². The Morgan fingerprint density at radius 3 is 3.00 bits per heavy atom. The van der Waals surface area contributed by atoms with Crippen LogP contribution in [0.3, 0.4) is 0 Å². The second-order valence-electron chi connectivity index (χ2n) is 4.82. The van der Waals surface area contributed by atoms with E-state index in [1.807, 2.05) is 23.0 Å². The van der Waals surface area contributed by atoms with Gasteiger partial charge in [0.05, 0.1) is 5.69 Å². The number of carbonyl (C=O) groups is 1. The Hall–Kier alpha value is -1.82. The maximum absolute atomic E-state index is 10.7. The largest absolute Gasteiger partial charge is 0.478 e. The molecule has 0 atom stereocenters. The molecule has 0 aliphatic heterocycles. The first kappa shape index (κ1) is 13.6. The topological polar surface area (TPSA) is 57.8 Å². The van der Waals surface area contributed by atoms with Gasteiger partial charge in [-0.05, 0) is 12.0 Å². The number of anilines is 1. The van der Waals surface area contributed by atoms with Gasteiger partial charge in [-0.15, -0.1) is 11.3 Å². The molecule has 0 unspecified atom stereocenters. The van der Waals surface area contributed by atoms with Gasteiger partial charge >= 0.3 is 5.97 Å². The number of imidazole rings is 1. The number of hydrogen-bond acceptors (Lipinski definition) is 4. The average Bonchev–Trinajstić information content (AvgIpc) is 2.84. The molecule has 1 N–H and O–H groups in total. The normalized spacial score (nSPS) is 11.8. The number of hydrogen-bond donors (Lipinski definition) is 1. The van der Waals surface area contributed by atoms with Gasteiger partial charge in [0.2, 0.25) is 0 Å². The van der Waals surface area contributed by atoms with Crippen molar-refractivity contribution >= 4 is 34.2 Å². The molecule has 0 aliphatic rings. The van der Waals surface area contributed by atoms with Crippen LogP contribution >= 0.6 is 11.3 Å². The van der Waals surface area contributed by atoms with E-state index in [9.17, 15) is 4.79 Å². The Labute approximate surface area is 115 Å². The second-order valence-corrected chi connectivity index (χ2v) is 5.70. The highest BCUT2D eigenvalue weighted by Gasteiger charge is 2.15. The number of aromatic nitrogens is 2. The summed E-state index contributed by atoms with van der Waals surface area (Å²) in [5.74, 6) is 0.377. The summed E-state index contributed by atoms with van der Waals surface area (Å²) in [4.78, 5) is 18.2. The molecule has 0 spiro atoms. The average molecular weight is 279 g/mol. The van der Waals surface area contributed by atoms with E-state index in [0.29, 0.717) is 5.92 Å². The van der Waals surface area contributed by atoms with Crippen LogP contribution in [-0.2, 0) is 4.79 Å². The summed E-state index contributed by atoms with van der Waals surface area (Å²) >= 11 is 1.54. The van der Waals surface area contributed by atoms with E-state index in [0.717, 1.165) is 29.1 Å². The smallest absolute Gasteiger partial charge is 0.328 e. The molecule has 0 saturated carbocycles. The molecular formula is C13H17N3O2S. The van der Waals surface area contributed by atoms with Gasteiger partial charge in [0.25, 0.3) is 0 Å². The minimum Gasteiger partial charge on any atom is -0.478 e. The Balaban J connectivity index is 2.44. The molecule has 0 amide bonds. The molecule has 0 bridgehead atoms. The highest BCUT2D eigenvalue weighted by atomic mass is 32.1. The van der Waals surface area contributed by atoms with Crippen molar-refractivity contribution in [1.82, 2.24) is 9.38 Å². The molecular weight excluding hydrogens is 262 g/mol. The minimum absolute atomic E-state index is 0.515. The van der Waals surface area contributed by atoms with Crippen molar-refractivity contribution in [1.29, 1.82) is 0 Å². The summed E-state index contributed by atoms with van der Waals surface area (Å²) in [6.45, 7) is 5.15. The lowest BCUT2D eigenvalue weighted by Crippen LogP contribution is -2.23. The third kappa shape index (κ3) is 2.96. The van der Waals surface area contributed by atoms with Crippen molar-refractivity contribution in [3.05, 3.63) is 23.3 Å². The first-order valence-corrected chi connectivity index (χ1v) is 6.94. The Morgan fingerprint density at radius 1 is 1.63 bits per heavy atom. The number of fused-ring (bicyclic) bond motifs is 1. The molecule has 6 heteroatoms. The van der Waals surface area contributed by atoms with Gasteiger partial charge in [-0.3, -0.25) is 4.40 Å². The quantitative estimate of drug-likeness (QED) is 0.855. The lowest BCUT2D eigenvalue weighted by Gasteiger charge is -2.19. The summed E-state index contributed by atoms with van der Waals surface area (Å²) < 4.78 is 1.91. The maximum Gasteiger partial charge on any atom is 0.328 e. The molecule has 0 aliphatic carbocycles. The Kier molecular flexibility index (Phi) is 3.90. The first-order valence-electron chi connectivity index (χ1n) is 6.06. The molecule has 0 fully saturated rings. The van der Waals surface area contributed by atoms with Crippen molar-refractivity contribution in [2.24, 2.45) is 5.92 Å². The van der Waals surface area contributed by atoms with Gasteiger partial charge in [-0.1, -0.05) is 13.8 Å². The van der Waals surface area contributed by atoms with E-state index >= 15 is 0 Å². The number of carboxylic acid groups (broad SMARTS) is 1. The molecule has 2 heterocycles. The van der Waals surface area contributed by atoms with E-state index in [2.05, 4.69) is 23.7 Å².